The molecule has 90 valence electrons. The van der Waals surface area contributed by atoms with E-state index in [0.717, 1.165) is 16.5 Å². The maximum atomic E-state index is 5.81. The summed E-state index contributed by atoms with van der Waals surface area (Å²) in [6.45, 7) is 1.79. The van der Waals surface area contributed by atoms with Gasteiger partial charge in [0.15, 0.2) is 5.79 Å². The van der Waals surface area contributed by atoms with Gasteiger partial charge in [0, 0.05) is 29.1 Å². The minimum absolute atomic E-state index is 0.541. The van der Waals surface area contributed by atoms with Crippen LogP contribution in [0.25, 0.3) is 10.9 Å². The SMILES string of the molecule is NCCC1(c2c[nH]c3ccccc23)OCCO1. The number of aromatic amines is 1. The molecule has 0 aliphatic carbocycles. The molecule has 0 amide bonds. The van der Waals surface area contributed by atoms with Crippen LogP contribution in [0.15, 0.2) is 30.5 Å². The molecule has 0 spiro atoms. The van der Waals surface area contributed by atoms with Crippen LogP contribution in [0.1, 0.15) is 12.0 Å². The van der Waals surface area contributed by atoms with E-state index in [1.54, 1.807) is 0 Å². The minimum atomic E-state index is -0.658. The van der Waals surface area contributed by atoms with Crippen molar-refractivity contribution >= 4 is 10.9 Å². The Kier molecular flexibility index (Phi) is 2.63. The summed E-state index contributed by atoms with van der Waals surface area (Å²) in [6, 6.07) is 8.15. The fourth-order valence-corrected chi connectivity index (χ4v) is 2.47. The Morgan fingerprint density at radius 2 is 2.00 bits per heavy atom. The average Bonchev–Trinajstić information content (AvgIpc) is 2.96. The van der Waals surface area contributed by atoms with Gasteiger partial charge < -0.3 is 20.2 Å². The molecular weight excluding hydrogens is 216 g/mol. The lowest BCUT2D eigenvalue weighted by atomic mass is 10.0. The van der Waals surface area contributed by atoms with Crippen molar-refractivity contribution in [3.8, 4) is 0 Å². The highest BCUT2D eigenvalue weighted by Gasteiger charge is 2.39. The summed E-state index contributed by atoms with van der Waals surface area (Å²) in [5.41, 5.74) is 7.82. The van der Waals surface area contributed by atoms with Crippen molar-refractivity contribution < 1.29 is 9.47 Å². The number of para-hydroxylation sites is 1. The zero-order chi connectivity index (χ0) is 11.7. The Morgan fingerprint density at radius 3 is 2.76 bits per heavy atom. The topological polar surface area (TPSA) is 60.3 Å². The van der Waals surface area contributed by atoms with Gasteiger partial charge in [0.2, 0.25) is 0 Å². The van der Waals surface area contributed by atoms with Gasteiger partial charge in [0.1, 0.15) is 0 Å². The lowest BCUT2D eigenvalue weighted by Crippen LogP contribution is -2.29. The van der Waals surface area contributed by atoms with Gasteiger partial charge in [0.25, 0.3) is 0 Å². The van der Waals surface area contributed by atoms with Gasteiger partial charge in [0.05, 0.1) is 13.2 Å². The first-order valence-corrected chi connectivity index (χ1v) is 5.90. The van der Waals surface area contributed by atoms with Gasteiger partial charge in [-0.3, -0.25) is 0 Å². The molecule has 0 saturated carbocycles. The Morgan fingerprint density at radius 1 is 1.24 bits per heavy atom. The van der Waals surface area contributed by atoms with Crippen LogP contribution in [0, 0.1) is 0 Å². The standard InChI is InChI=1S/C13H16N2O2/c14-6-5-13(16-7-8-17-13)11-9-15-12-4-2-1-3-10(11)12/h1-4,9,15H,5-8,14H2. The maximum absolute atomic E-state index is 5.81. The highest BCUT2D eigenvalue weighted by molar-refractivity contribution is 5.83. The van der Waals surface area contributed by atoms with Crippen LogP contribution in [0.4, 0.5) is 0 Å². The number of H-pyrrole nitrogens is 1. The molecule has 0 radical (unpaired) electrons. The van der Waals surface area contributed by atoms with Crippen molar-refractivity contribution in [2.45, 2.75) is 12.2 Å². The zero-order valence-corrected chi connectivity index (χ0v) is 9.61. The lowest BCUT2D eigenvalue weighted by Gasteiger charge is -2.26. The molecule has 1 fully saturated rings. The van der Waals surface area contributed by atoms with E-state index in [1.165, 1.54) is 0 Å². The zero-order valence-electron chi connectivity index (χ0n) is 9.61. The van der Waals surface area contributed by atoms with Crippen molar-refractivity contribution in [1.82, 2.24) is 4.98 Å². The molecule has 1 aliphatic rings. The van der Waals surface area contributed by atoms with Gasteiger partial charge in [-0.15, -0.1) is 0 Å². The smallest absolute Gasteiger partial charge is 0.198 e. The van der Waals surface area contributed by atoms with Crippen LogP contribution in [0.5, 0.6) is 0 Å². The van der Waals surface area contributed by atoms with E-state index in [1.807, 2.05) is 24.4 Å². The fraction of sp³-hybridized carbons (Fsp3) is 0.385. The number of fused-ring (bicyclic) bond motifs is 1. The first kappa shape index (κ1) is 10.8. The van der Waals surface area contributed by atoms with Gasteiger partial charge in [-0.05, 0) is 12.6 Å². The van der Waals surface area contributed by atoms with E-state index < -0.39 is 5.79 Å². The fourth-order valence-electron chi connectivity index (χ4n) is 2.47. The highest BCUT2D eigenvalue weighted by Crippen LogP contribution is 2.38. The minimum Gasteiger partial charge on any atom is -0.361 e. The predicted octanol–water partition coefficient (Wildman–Crippen LogP) is 1.72. The monoisotopic (exact) mass is 232 g/mol. The molecule has 1 aliphatic heterocycles. The molecule has 3 N–H and O–H groups in total. The Balaban J connectivity index is 2.12. The number of ether oxygens (including phenoxy) is 2. The summed E-state index contributed by atoms with van der Waals surface area (Å²) < 4.78 is 11.6. The first-order valence-electron chi connectivity index (χ1n) is 5.90. The summed E-state index contributed by atoms with van der Waals surface area (Å²) in [4.78, 5) is 3.25. The average molecular weight is 232 g/mol. The molecule has 2 aromatic rings. The third-order valence-corrected chi connectivity index (χ3v) is 3.23. The van der Waals surface area contributed by atoms with Crippen LogP contribution >= 0.6 is 0 Å². The molecule has 3 rings (SSSR count). The number of aromatic nitrogens is 1. The Bertz CT molecular complexity index is 515. The molecule has 4 heteroatoms. The quantitative estimate of drug-likeness (QED) is 0.847. The predicted molar refractivity (Wildman–Crippen MR) is 65.6 cm³/mol. The number of nitrogens with one attached hydrogen (secondary N) is 1. The van der Waals surface area contributed by atoms with E-state index in [4.69, 9.17) is 15.2 Å². The summed E-state index contributed by atoms with van der Waals surface area (Å²) in [6.07, 6.45) is 2.64. The number of nitrogens with two attached hydrogens (primary N) is 1. The summed E-state index contributed by atoms with van der Waals surface area (Å²) >= 11 is 0. The van der Waals surface area contributed by atoms with E-state index >= 15 is 0 Å². The van der Waals surface area contributed by atoms with Crippen molar-refractivity contribution in [2.75, 3.05) is 19.8 Å². The van der Waals surface area contributed by atoms with Crippen LogP contribution in [0.3, 0.4) is 0 Å². The number of hydrogen-bond acceptors (Lipinski definition) is 3. The summed E-state index contributed by atoms with van der Waals surface area (Å²) in [7, 11) is 0. The Hall–Kier alpha value is -1.36. The molecule has 17 heavy (non-hydrogen) atoms. The maximum Gasteiger partial charge on any atom is 0.198 e. The molecule has 0 bridgehead atoms. The second-order valence-corrected chi connectivity index (χ2v) is 4.24. The van der Waals surface area contributed by atoms with Crippen LogP contribution in [-0.2, 0) is 15.3 Å². The van der Waals surface area contributed by atoms with Gasteiger partial charge in [-0.2, -0.15) is 0 Å². The number of hydrogen-bond donors (Lipinski definition) is 2. The van der Waals surface area contributed by atoms with E-state index in [2.05, 4.69) is 11.1 Å². The Labute approximate surface area is 99.7 Å². The van der Waals surface area contributed by atoms with Gasteiger partial charge in [-0.1, -0.05) is 18.2 Å². The third kappa shape index (κ3) is 1.65. The second-order valence-electron chi connectivity index (χ2n) is 4.24. The van der Waals surface area contributed by atoms with Gasteiger partial charge in [-0.25, -0.2) is 0 Å². The van der Waals surface area contributed by atoms with Crippen molar-refractivity contribution in [3.05, 3.63) is 36.0 Å². The van der Waals surface area contributed by atoms with Crippen molar-refractivity contribution in [2.24, 2.45) is 5.73 Å². The van der Waals surface area contributed by atoms with Crippen molar-refractivity contribution in [3.63, 3.8) is 0 Å². The molecule has 1 saturated heterocycles. The summed E-state index contributed by atoms with van der Waals surface area (Å²) in [5.74, 6) is -0.658. The normalized spacial score (nSPS) is 18.9. The molecule has 1 aromatic carbocycles. The van der Waals surface area contributed by atoms with Crippen molar-refractivity contribution in [1.29, 1.82) is 0 Å². The molecule has 0 unspecified atom stereocenters. The second kappa shape index (κ2) is 4.14. The van der Waals surface area contributed by atoms with E-state index in [-0.39, 0.29) is 0 Å². The molecule has 2 heterocycles. The lowest BCUT2D eigenvalue weighted by molar-refractivity contribution is -0.167. The van der Waals surface area contributed by atoms with Crippen LogP contribution in [0.2, 0.25) is 0 Å². The molecule has 0 atom stereocenters. The number of rotatable bonds is 3. The largest absolute Gasteiger partial charge is 0.361 e. The van der Waals surface area contributed by atoms with E-state index in [0.29, 0.717) is 26.2 Å². The highest BCUT2D eigenvalue weighted by atomic mass is 16.7. The molecular formula is C13H16N2O2. The number of benzene rings is 1. The van der Waals surface area contributed by atoms with Crippen LogP contribution < -0.4 is 5.73 Å². The molecule has 1 aromatic heterocycles. The van der Waals surface area contributed by atoms with Gasteiger partial charge >= 0.3 is 0 Å². The summed E-state index contributed by atoms with van der Waals surface area (Å²) in [5, 5.41) is 1.14. The first-order chi connectivity index (χ1) is 8.36. The van der Waals surface area contributed by atoms with E-state index in [9.17, 15) is 0 Å². The van der Waals surface area contributed by atoms with Crippen LogP contribution in [-0.4, -0.2) is 24.7 Å². The third-order valence-electron chi connectivity index (χ3n) is 3.23. The molecule has 4 nitrogen and oxygen atoms in total.